The first kappa shape index (κ1) is 13.1. The van der Waals surface area contributed by atoms with Crippen LogP contribution in [0.25, 0.3) is 0 Å². The molecule has 1 unspecified atom stereocenters. The van der Waals surface area contributed by atoms with Gasteiger partial charge in [-0.25, -0.2) is 0 Å². The van der Waals surface area contributed by atoms with Gasteiger partial charge in [0.2, 0.25) is 0 Å². The lowest BCUT2D eigenvalue weighted by atomic mass is 10.1. The first-order valence-electron chi connectivity index (χ1n) is 7.01. The molecule has 1 aliphatic carbocycles. The van der Waals surface area contributed by atoms with Crippen molar-refractivity contribution in [3.63, 3.8) is 0 Å². The van der Waals surface area contributed by atoms with Crippen molar-refractivity contribution in [2.75, 3.05) is 6.54 Å². The van der Waals surface area contributed by atoms with Crippen molar-refractivity contribution in [3.8, 4) is 0 Å². The van der Waals surface area contributed by atoms with Crippen molar-refractivity contribution in [1.29, 1.82) is 0 Å². The van der Waals surface area contributed by atoms with E-state index in [-0.39, 0.29) is 0 Å². The second-order valence-corrected chi connectivity index (χ2v) is 6.70. The van der Waals surface area contributed by atoms with Crippen LogP contribution in [0.4, 0.5) is 0 Å². The van der Waals surface area contributed by atoms with Gasteiger partial charge in [0, 0.05) is 15.8 Å². The standard InChI is InChI=1S/C15H25NS/c1-4-9-16-14(8-7-13-5-6-13)15-10-11(2)12(3)17-15/h10,13-14,16H,4-9H2,1-3H3. The predicted molar refractivity (Wildman–Crippen MR) is 76.8 cm³/mol. The minimum absolute atomic E-state index is 0.605. The molecule has 1 aliphatic rings. The van der Waals surface area contributed by atoms with Gasteiger partial charge in [-0.15, -0.1) is 11.3 Å². The third-order valence-electron chi connectivity index (χ3n) is 3.73. The maximum Gasteiger partial charge on any atom is 0.0415 e. The fourth-order valence-corrected chi connectivity index (χ4v) is 3.40. The van der Waals surface area contributed by atoms with Crippen molar-refractivity contribution in [2.24, 2.45) is 5.92 Å². The molecule has 1 nitrogen and oxygen atoms in total. The maximum absolute atomic E-state index is 3.72. The van der Waals surface area contributed by atoms with Crippen molar-refractivity contribution in [3.05, 3.63) is 21.4 Å². The van der Waals surface area contributed by atoms with Crippen molar-refractivity contribution >= 4 is 11.3 Å². The molecule has 0 saturated heterocycles. The zero-order chi connectivity index (χ0) is 12.3. The summed E-state index contributed by atoms with van der Waals surface area (Å²) >= 11 is 1.98. The monoisotopic (exact) mass is 251 g/mol. The van der Waals surface area contributed by atoms with Crippen LogP contribution in [0.5, 0.6) is 0 Å². The van der Waals surface area contributed by atoms with Crippen LogP contribution in [0.3, 0.4) is 0 Å². The van der Waals surface area contributed by atoms with E-state index in [1.54, 1.807) is 4.88 Å². The van der Waals surface area contributed by atoms with Gasteiger partial charge >= 0.3 is 0 Å². The summed E-state index contributed by atoms with van der Waals surface area (Å²) in [6.45, 7) is 7.86. The van der Waals surface area contributed by atoms with Crippen molar-refractivity contribution in [2.45, 2.75) is 58.9 Å². The lowest BCUT2D eigenvalue weighted by molar-refractivity contribution is 0.476. The summed E-state index contributed by atoms with van der Waals surface area (Å²) in [5, 5.41) is 3.72. The van der Waals surface area contributed by atoms with E-state index in [0.29, 0.717) is 6.04 Å². The van der Waals surface area contributed by atoms with E-state index in [0.717, 1.165) is 12.5 Å². The highest BCUT2D eigenvalue weighted by atomic mass is 32.1. The van der Waals surface area contributed by atoms with E-state index in [9.17, 15) is 0 Å². The first-order chi connectivity index (χ1) is 8.20. The van der Waals surface area contributed by atoms with Crippen LogP contribution in [0.15, 0.2) is 6.07 Å². The average Bonchev–Trinajstić information content (AvgIpc) is 3.06. The number of hydrogen-bond acceptors (Lipinski definition) is 2. The van der Waals surface area contributed by atoms with E-state index < -0.39 is 0 Å². The molecule has 96 valence electrons. The molecule has 1 aromatic heterocycles. The highest BCUT2D eigenvalue weighted by Gasteiger charge is 2.23. The molecule has 1 heterocycles. The Labute approximate surface area is 110 Å². The molecule has 2 rings (SSSR count). The van der Waals surface area contributed by atoms with Gasteiger partial charge in [-0.1, -0.05) is 19.8 Å². The minimum Gasteiger partial charge on any atom is -0.309 e. The zero-order valence-electron chi connectivity index (χ0n) is 11.4. The Bertz CT molecular complexity index is 332. The molecule has 1 atom stereocenters. The van der Waals surface area contributed by atoms with Crippen LogP contribution >= 0.6 is 11.3 Å². The highest BCUT2D eigenvalue weighted by molar-refractivity contribution is 7.12. The summed E-state index contributed by atoms with van der Waals surface area (Å²) in [6.07, 6.45) is 6.91. The zero-order valence-corrected chi connectivity index (χ0v) is 12.2. The molecule has 1 saturated carbocycles. The van der Waals surface area contributed by atoms with Gasteiger partial charge in [0.25, 0.3) is 0 Å². The number of hydrogen-bond donors (Lipinski definition) is 1. The number of thiophene rings is 1. The minimum atomic E-state index is 0.605. The second-order valence-electron chi connectivity index (χ2n) is 5.42. The normalized spacial score (nSPS) is 17.4. The van der Waals surface area contributed by atoms with E-state index in [1.165, 1.54) is 42.5 Å². The Morgan fingerprint density at radius 3 is 2.71 bits per heavy atom. The summed E-state index contributed by atoms with van der Waals surface area (Å²) in [4.78, 5) is 3.03. The van der Waals surface area contributed by atoms with Gasteiger partial charge < -0.3 is 5.32 Å². The van der Waals surface area contributed by atoms with E-state index in [4.69, 9.17) is 0 Å². The third kappa shape index (κ3) is 3.82. The maximum atomic E-state index is 3.72. The highest BCUT2D eigenvalue weighted by Crippen LogP contribution is 2.37. The van der Waals surface area contributed by atoms with E-state index >= 15 is 0 Å². The second kappa shape index (κ2) is 6.01. The fourth-order valence-electron chi connectivity index (χ4n) is 2.25. The Balaban J connectivity index is 1.96. The largest absolute Gasteiger partial charge is 0.309 e. The number of aryl methyl sites for hydroxylation is 2. The first-order valence-corrected chi connectivity index (χ1v) is 7.82. The number of rotatable bonds is 7. The molecule has 1 fully saturated rings. The van der Waals surface area contributed by atoms with Gasteiger partial charge in [-0.3, -0.25) is 0 Å². The summed E-state index contributed by atoms with van der Waals surface area (Å²) < 4.78 is 0. The molecular formula is C15H25NS. The van der Waals surface area contributed by atoms with Gasteiger partial charge in [0.05, 0.1) is 0 Å². The molecule has 0 aromatic carbocycles. The SMILES string of the molecule is CCCNC(CCC1CC1)c1cc(C)c(C)s1. The van der Waals surface area contributed by atoms with Crippen LogP contribution in [0, 0.1) is 19.8 Å². The van der Waals surface area contributed by atoms with Crippen LogP contribution in [0.2, 0.25) is 0 Å². The Morgan fingerprint density at radius 2 is 2.18 bits per heavy atom. The summed E-state index contributed by atoms with van der Waals surface area (Å²) in [6, 6.07) is 2.99. The molecule has 0 bridgehead atoms. The Hall–Kier alpha value is -0.340. The molecular weight excluding hydrogens is 226 g/mol. The molecule has 1 N–H and O–H groups in total. The molecule has 0 aliphatic heterocycles. The fraction of sp³-hybridized carbons (Fsp3) is 0.733. The van der Waals surface area contributed by atoms with Crippen LogP contribution < -0.4 is 5.32 Å². The quantitative estimate of drug-likeness (QED) is 0.747. The Morgan fingerprint density at radius 1 is 1.41 bits per heavy atom. The Kier molecular flexibility index (Phi) is 4.63. The van der Waals surface area contributed by atoms with Crippen molar-refractivity contribution in [1.82, 2.24) is 5.32 Å². The van der Waals surface area contributed by atoms with Gasteiger partial charge in [-0.05, 0) is 57.2 Å². The van der Waals surface area contributed by atoms with Crippen LogP contribution in [-0.4, -0.2) is 6.54 Å². The summed E-state index contributed by atoms with van der Waals surface area (Å²) in [5.41, 5.74) is 1.46. The average molecular weight is 251 g/mol. The van der Waals surface area contributed by atoms with Crippen LogP contribution in [-0.2, 0) is 0 Å². The van der Waals surface area contributed by atoms with E-state index in [2.05, 4.69) is 32.2 Å². The number of nitrogens with one attached hydrogen (secondary N) is 1. The smallest absolute Gasteiger partial charge is 0.0415 e. The van der Waals surface area contributed by atoms with Gasteiger partial charge in [0.15, 0.2) is 0 Å². The third-order valence-corrected chi connectivity index (χ3v) is 5.00. The molecule has 17 heavy (non-hydrogen) atoms. The lowest BCUT2D eigenvalue weighted by Gasteiger charge is -2.17. The molecule has 2 heteroatoms. The molecule has 0 spiro atoms. The summed E-state index contributed by atoms with van der Waals surface area (Å²) in [5.74, 6) is 1.04. The van der Waals surface area contributed by atoms with Gasteiger partial charge in [0.1, 0.15) is 0 Å². The lowest BCUT2D eigenvalue weighted by Crippen LogP contribution is -2.21. The molecule has 0 amide bonds. The van der Waals surface area contributed by atoms with Gasteiger partial charge in [-0.2, -0.15) is 0 Å². The van der Waals surface area contributed by atoms with E-state index in [1.807, 2.05) is 11.3 Å². The molecule has 1 aromatic rings. The topological polar surface area (TPSA) is 12.0 Å². The van der Waals surface area contributed by atoms with Crippen molar-refractivity contribution < 1.29 is 0 Å². The van der Waals surface area contributed by atoms with Crippen LogP contribution in [0.1, 0.15) is 60.4 Å². The summed E-state index contributed by atoms with van der Waals surface area (Å²) in [7, 11) is 0. The predicted octanol–water partition coefficient (Wildman–Crippen LogP) is 4.60. The molecule has 0 radical (unpaired) electrons.